The molecule has 8 nitrogen and oxygen atoms in total. The average Bonchev–Trinajstić information content (AvgIpc) is 3.19. The molecule has 0 saturated heterocycles. The predicted molar refractivity (Wildman–Crippen MR) is 111 cm³/mol. The van der Waals surface area contributed by atoms with Gasteiger partial charge in [0.25, 0.3) is 5.91 Å². The number of nitrogens with zero attached hydrogens (tertiary/aromatic N) is 5. The van der Waals surface area contributed by atoms with E-state index in [2.05, 4.69) is 15.4 Å². The maximum atomic E-state index is 12.6. The second-order valence-electron chi connectivity index (χ2n) is 7.27. The Morgan fingerprint density at radius 3 is 2.43 bits per heavy atom. The van der Waals surface area contributed by atoms with Crippen LogP contribution in [0.3, 0.4) is 0 Å². The van der Waals surface area contributed by atoms with Crippen molar-refractivity contribution in [1.29, 1.82) is 0 Å². The lowest BCUT2D eigenvalue weighted by Crippen LogP contribution is -2.39. The molecule has 0 atom stereocenters. The Hall–Kier alpha value is -3.55. The number of amides is 1. The van der Waals surface area contributed by atoms with E-state index in [4.69, 9.17) is 4.74 Å². The lowest BCUT2D eigenvalue weighted by Gasteiger charge is -2.26. The van der Waals surface area contributed by atoms with Gasteiger partial charge in [-0.25, -0.2) is 4.79 Å². The molecule has 0 aliphatic rings. The van der Waals surface area contributed by atoms with Gasteiger partial charge in [-0.1, -0.05) is 60.2 Å². The summed E-state index contributed by atoms with van der Waals surface area (Å²) in [4.78, 5) is 27.5. The van der Waals surface area contributed by atoms with Crippen molar-refractivity contribution in [3.63, 3.8) is 0 Å². The van der Waals surface area contributed by atoms with Gasteiger partial charge in [-0.15, -0.1) is 10.2 Å². The lowest BCUT2D eigenvalue weighted by atomic mass is 10.1. The van der Waals surface area contributed by atoms with Crippen LogP contribution in [0.4, 0.5) is 0 Å². The summed E-state index contributed by atoms with van der Waals surface area (Å²) in [5.41, 5.74) is 2.95. The van der Waals surface area contributed by atoms with Crippen LogP contribution >= 0.6 is 0 Å². The van der Waals surface area contributed by atoms with E-state index in [1.807, 2.05) is 75.4 Å². The molecule has 0 aliphatic carbocycles. The topological polar surface area (TPSA) is 90.2 Å². The maximum absolute atomic E-state index is 12.6. The van der Waals surface area contributed by atoms with Gasteiger partial charge in [0.05, 0.1) is 0 Å². The van der Waals surface area contributed by atoms with Crippen molar-refractivity contribution in [3.8, 4) is 11.4 Å². The first-order chi connectivity index (χ1) is 14.4. The number of benzene rings is 2. The molecule has 0 aliphatic heterocycles. The van der Waals surface area contributed by atoms with Gasteiger partial charge in [0.15, 0.2) is 13.2 Å². The fourth-order valence-electron chi connectivity index (χ4n) is 2.85. The molecule has 156 valence electrons. The predicted octanol–water partition coefficient (Wildman–Crippen LogP) is 2.63. The number of aryl methyl sites for hydroxylation is 1. The second-order valence-corrected chi connectivity index (χ2v) is 7.27. The van der Waals surface area contributed by atoms with E-state index in [9.17, 15) is 9.59 Å². The number of aromatic nitrogens is 4. The van der Waals surface area contributed by atoms with Gasteiger partial charge in [0.2, 0.25) is 5.82 Å². The fourth-order valence-corrected chi connectivity index (χ4v) is 2.85. The van der Waals surface area contributed by atoms with Gasteiger partial charge in [-0.3, -0.25) is 4.79 Å². The van der Waals surface area contributed by atoms with Crippen LogP contribution in [-0.4, -0.2) is 49.6 Å². The monoisotopic (exact) mass is 407 g/mol. The Morgan fingerprint density at radius 1 is 1.07 bits per heavy atom. The van der Waals surface area contributed by atoms with Crippen LogP contribution in [0.25, 0.3) is 11.4 Å². The van der Waals surface area contributed by atoms with E-state index >= 15 is 0 Å². The highest BCUT2D eigenvalue weighted by Crippen LogP contribution is 2.14. The molecule has 8 heteroatoms. The molecule has 3 aromatic rings. The minimum absolute atomic E-state index is 0.0227. The Bertz CT molecular complexity index is 984. The molecule has 0 spiro atoms. The van der Waals surface area contributed by atoms with Gasteiger partial charge in [0.1, 0.15) is 0 Å². The van der Waals surface area contributed by atoms with Gasteiger partial charge >= 0.3 is 5.97 Å². The van der Waals surface area contributed by atoms with Crippen molar-refractivity contribution in [2.24, 2.45) is 0 Å². The highest BCUT2D eigenvalue weighted by atomic mass is 16.5. The molecular formula is C22H25N5O3. The van der Waals surface area contributed by atoms with Crippen LogP contribution in [0.2, 0.25) is 0 Å². The van der Waals surface area contributed by atoms with Crippen LogP contribution in [-0.2, 0) is 27.4 Å². The molecule has 0 unspecified atom stereocenters. The van der Waals surface area contributed by atoms with Gasteiger partial charge in [-0.05, 0) is 31.5 Å². The number of carbonyl (C=O) groups excluding carboxylic acids is 2. The quantitative estimate of drug-likeness (QED) is 0.533. The number of rotatable bonds is 8. The van der Waals surface area contributed by atoms with E-state index in [1.54, 1.807) is 4.90 Å². The zero-order chi connectivity index (χ0) is 21.5. The summed E-state index contributed by atoms with van der Waals surface area (Å²) in [6, 6.07) is 17.3. The van der Waals surface area contributed by atoms with E-state index in [0.29, 0.717) is 12.4 Å². The normalized spacial score (nSPS) is 10.8. The van der Waals surface area contributed by atoms with Crippen LogP contribution in [0.5, 0.6) is 0 Å². The molecule has 0 fully saturated rings. The Balaban J connectivity index is 1.53. The molecule has 30 heavy (non-hydrogen) atoms. The third-order valence-electron chi connectivity index (χ3n) is 4.53. The van der Waals surface area contributed by atoms with Crippen molar-refractivity contribution < 1.29 is 14.3 Å². The van der Waals surface area contributed by atoms with Crippen molar-refractivity contribution in [3.05, 3.63) is 65.7 Å². The highest BCUT2D eigenvalue weighted by Gasteiger charge is 2.19. The average molecular weight is 407 g/mol. The number of esters is 1. The molecule has 0 radical (unpaired) electrons. The largest absolute Gasteiger partial charge is 0.454 e. The SMILES string of the molecule is Cc1ccc(-c2nnn(CC(=O)OCC(=O)N(Cc3ccccc3)C(C)C)n2)cc1. The number of tetrazole rings is 1. The third kappa shape index (κ3) is 5.73. The third-order valence-corrected chi connectivity index (χ3v) is 4.53. The molecule has 3 rings (SSSR count). The minimum Gasteiger partial charge on any atom is -0.454 e. The number of hydrogen-bond acceptors (Lipinski definition) is 6. The van der Waals surface area contributed by atoms with Crippen molar-refractivity contribution in [2.45, 2.75) is 39.9 Å². The summed E-state index contributed by atoms with van der Waals surface area (Å²) in [6.45, 7) is 5.75. The Morgan fingerprint density at radius 2 is 1.77 bits per heavy atom. The second kappa shape index (κ2) is 9.78. The summed E-state index contributed by atoms with van der Waals surface area (Å²) in [6.07, 6.45) is 0. The zero-order valence-electron chi connectivity index (χ0n) is 17.4. The molecule has 2 aromatic carbocycles. The van der Waals surface area contributed by atoms with Gasteiger partial charge < -0.3 is 9.64 Å². The Labute approximate surface area is 175 Å². The smallest absolute Gasteiger partial charge is 0.330 e. The van der Waals surface area contributed by atoms with E-state index in [-0.39, 0.29) is 25.1 Å². The first-order valence-corrected chi connectivity index (χ1v) is 9.76. The Kier molecular flexibility index (Phi) is 6.90. The van der Waals surface area contributed by atoms with Crippen LogP contribution in [0.15, 0.2) is 54.6 Å². The summed E-state index contributed by atoms with van der Waals surface area (Å²) in [5, 5.41) is 12.0. The summed E-state index contributed by atoms with van der Waals surface area (Å²) in [5.74, 6) is -0.429. The highest BCUT2D eigenvalue weighted by molar-refractivity contribution is 5.80. The molecule has 1 heterocycles. The molecule has 0 saturated carbocycles. The van der Waals surface area contributed by atoms with Gasteiger partial charge in [-0.2, -0.15) is 4.80 Å². The maximum Gasteiger partial charge on any atom is 0.330 e. The number of carbonyl (C=O) groups is 2. The lowest BCUT2D eigenvalue weighted by molar-refractivity contribution is -0.153. The molecule has 1 amide bonds. The molecule has 0 N–H and O–H groups in total. The summed E-state index contributed by atoms with van der Waals surface area (Å²) in [7, 11) is 0. The zero-order valence-corrected chi connectivity index (χ0v) is 17.4. The minimum atomic E-state index is -0.598. The fraction of sp³-hybridized carbons (Fsp3) is 0.318. The van der Waals surface area contributed by atoms with Gasteiger partial charge in [0, 0.05) is 18.2 Å². The first-order valence-electron chi connectivity index (χ1n) is 9.76. The standard InChI is InChI=1S/C22H25N5O3/c1-16(2)26(13-18-7-5-4-6-8-18)20(28)15-30-21(29)14-27-24-22(23-25-27)19-11-9-17(3)10-12-19/h4-12,16H,13-15H2,1-3H3. The molecule has 0 bridgehead atoms. The number of hydrogen-bond donors (Lipinski definition) is 0. The van der Waals surface area contributed by atoms with Crippen LogP contribution < -0.4 is 0 Å². The summed E-state index contributed by atoms with van der Waals surface area (Å²) >= 11 is 0. The van der Waals surface area contributed by atoms with Crippen LogP contribution in [0, 0.1) is 6.92 Å². The van der Waals surface area contributed by atoms with Crippen molar-refractivity contribution >= 4 is 11.9 Å². The van der Waals surface area contributed by atoms with Crippen molar-refractivity contribution in [2.75, 3.05) is 6.61 Å². The van der Waals surface area contributed by atoms with E-state index in [0.717, 1.165) is 21.5 Å². The molecular weight excluding hydrogens is 382 g/mol. The first kappa shape index (κ1) is 21.2. The molecule has 1 aromatic heterocycles. The summed E-state index contributed by atoms with van der Waals surface area (Å²) < 4.78 is 5.15. The van der Waals surface area contributed by atoms with Crippen LogP contribution in [0.1, 0.15) is 25.0 Å². The number of ether oxygens (including phenoxy) is 1. The van der Waals surface area contributed by atoms with E-state index in [1.165, 1.54) is 0 Å². The van der Waals surface area contributed by atoms with E-state index < -0.39 is 5.97 Å². The van der Waals surface area contributed by atoms with Crippen molar-refractivity contribution in [1.82, 2.24) is 25.1 Å².